The molecular formula is C15H21NO5. The van der Waals surface area contributed by atoms with Crippen LogP contribution in [-0.2, 0) is 15.9 Å². The van der Waals surface area contributed by atoms with Crippen molar-refractivity contribution in [2.24, 2.45) is 0 Å². The molecule has 116 valence electrons. The van der Waals surface area contributed by atoms with Gasteiger partial charge in [-0.15, -0.1) is 0 Å². The number of hydrogen-bond acceptors (Lipinski definition) is 5. The Morgan fingerprint density at radius 3 is 2.95 bits per heavy atom. The topological polar surface area (TPSA) is 79.2 Å². The summed E-state index contributed by atoms with van der Waals surface area (Å²) in [6, 6.07) is 5.12. The van der Waals surface area contributed by atoms with Crippen LogP contribution in [-0.4, -0.2) is 62.3 Å². The second kappa shape index (κ2) is 7.40. The van der Waals surface area contributed by atoms with Gasteiger partial charge in [0.2, 0.25) is 0 Å². The summed E-state index contributed by atoms with van der Waals surface area (Å²) in [5.74, 6) is -0.914. The first-order valence-electron chi connectivity index (χ1n) is 6.97. The monoisotopic (exact) mass is 295 g/mol. The Hall–Kier alpha value is -1.63. The van der Waals surface area contributed by atoms with Gasteiger partial charge in [-0.25, -0.2) is 4.79 Å². The van der Waals surface area contributed by atoms with Crippen LogP contribution in [0.2, 0.25) is 0 Å². The van der Waals surface area contributed by atoms with Crippen LogP contribution in [0.25, 0.3) is 0 Å². The highest BCUT2D eigenvalue weighted by Gasteiger charge is 2.22. The number of β-amino-alcohol motifs (C(OH)–C–C–N with tert-alkyl or cyclic N) is 1. The van der Waals surface area contributed by atoms with Gasteiger partial charge >= 0.3 is 5.97 Å². The second-order valence-electron chi connectivity index (χ2n) is 5.07. The van der Waals surface area contributed by atoms with Crippen LogP contribution >= 0.6 is 0 Å². The number of nitrogens with zero attached hydrogens (tertiary/aromatic N) is 1. The molecule has 0 radical (unpaired) electrons. The second-order valence-corrected chi connectivity index (χ2v) is 5.07. The maximum atomic E-state index is 11.0. The Morgan fingerprint density at radius 1 is 1.43 bits per heavy atom. The van der Waals surface area contributed by atoms with E-state index >= 15 is 0 Å². The number of rotatable bonds is 8. The summed E-state index contributed by atoms with van der Waals surface area (Å²) >= 11 is 0. The fourth-order valence-electron chi connectivity index (χ4n) is 2.46. The van der Waals surface area contributed by atoms with E-state index in [1.54, 1.807) is 19.2 Å². The molecule has 6 nitrogen and oxygen atoms in total. The molecule has 0 bridgehead atoms. The number of aliphatic hydroxyl groups excluding tert-OH is 1. The van der Waals surface area contributed by atoms with E-state index in [2.05, 4.69) is 4.90 Å². The van der Waals surface area contributed by atoms with E-state index in [0.29, 0.717) is 25.3 Å². The van der Waals surface area contributed by atoms with E-state index in [1.165, 1.54) is 0 Å². The van der Waals surface area contributed by atoms with Crippen molar-refractivity contribution in [3.63, 3.8) is 0 Å². The Morgan fingerprint density at radius 2 is 2.24 bits per heavy atom. The number of aromatic carboxylic acids is 1. The third-order valence-corrected chi connectivity index (χ3v) is 3.49. The van der Waals surface area contributed by atoms with Crippen molar-refractivity contribution >= 4 is 11.7 Å². The van der Waals surface area contributed by atoms with Crippen LogP contribution in [0.1, 0.15) is 15.9 Å². The van der Waals surface area contributed by atoms with Crippen LogP contribution < -0.4 is 4.90 Å². The molecule has 0 saturated carbocycles. The predicted octanol–water partition coefficient (Wildman–Crippen LogP) is 0.771. The summed E-state index contributed by atoms with van der Waals surface area (Å²) in [6.07, 6.45) is 0.222. The molecule has 1 aromatic rings. The highest BCUT2D eigenvalue weighted by atomic mass is 16.5. The van der Waals surface area contributed by atoms with Crippen molar-refractivity contribution < 1.29 is 24.5 Å². The zero-order chi connectivity index (χ0) is 15.2. The third kappa shape index (κ3) is 4.17. The minimum absolute atomic E-state index is 0.266. The van der Waals surface area contributed by atoms with Gasteiger partial charge in [0.15, 0.2) is 0 Å². The number of hydrogen-bond donors (Lipinski definition) is 2. The van der Waals surface area contributed by atoms with E-state index in [0.717, 1.165) is 24.2 Å². The summed E-state index contributed by atoms with van der Waals surface area (Å²) in [5.41, 5.74) is 2.32. The highest BCUT2D eigenvalue weighted by molar-refractivity contribution is 5.88. The Labute approximate surface area is 123 Å². The van der Waals surface area contributed by atoms with Crippen molar-refractivity contribution in [2.45, 2.75) is 12.5 Å². The summed E-state index contributed by atoms with van der Waals surface area (Å²) in [7, 11) is 1.60. The molecule has 1 aromatic carbocycles. The van der Waals surface area contributed by atoms with Crippen LogP contribution in [0.4, 0.5) is 5.69 Å². The molecule has 1 atom stereocenters. The lowest BCUT2D eigenvalue weighted by molar-refractivity contribution is 0.0162. The number of aliphatic hydroxyl groups is 1. The molecule has 1 aliphatic rings. The summed E-state index contributed by atoms with van der Waals surface area (Å²) in [6.45, 7) is 2.51. The summed E-state index contributed by atoms with van der Waals surface area (Å²) in [4.78, 5) is 13.0. The zero-order valence-electron chi connectivity index (χ0n) is 12.1. The molecule has 0 aromatic heterocycles. The minimum atomic E-state index is -0.914. The van der Waals surface area contributed by atoms with Crippen molar-refractivity contribution in [1.29, 1.82) is 0 Å². The standard InChI is InChI=1S/C15H21NO5/c1-20-6-7-21-10-13(17)9-16-5-4-11-8-12(15(18)19)2-3-14(11)16/h2-3,8,13,17H,4-7,9-10H2,1H3,(H,18,19). The normalized spacial score (nSPS) is 15.0. The van der Waals surface area contributed by atoms with Gasteiger partial charge in [-0.1, -0.05) is 0 Å². The van der Waals surface area contributed by atoms with Gasteiger partial charge in [-0.3, -0.25) is 0 Å². The molecule has 21 heavy (non-hydrogen) atoms. The van der Waals surface area contributed by atoms with Gasteiger partial charge in [0.25, 0.3) is 0 Å². The average molecular weight is 295 g/mol. The van der Waals surface area contributed by atoms with Gasteiger partial charge in [0, 0.05) is 25.9 Å². The summed E-state index contributed by atoms with van der Waals surface area (Å²) < 4.78 is 10.2. The first-order valence-corrected chi connectivity index (χ1v) is 6.97. The van der Waals surface area contributed by atoms with Crippen LogP contribution in [0.3, 0.4) is 0 Å². The maximum absolute atomic E-state index is 11.0. The number of ether oxygens (including phenoxy) is 2. The molecule has 0 amide bonds. The van der Waals surface area contributed by atoms with E-state index in [4.69, 9.17) is 14.6 Å². The molecule has 0 saturated heterocycles. The van der Waals surface area contributed by atoms with Crippen molar-refractivity contribution in [3.8, 4) is 0 Å². The number of carbonyl (C=O) groups is 1. The zero-order valence-corrected chi connectivity index (χ0v) is 12.1. The third-order valence-electron chi connectivity index (χ3n) is 3.49. The molecule has 6 heteroatoms. The Kier molecular flexibility index (Phi) is 5.55. The number of anilines is 1. The lowest BCUT2D eigenvalue weighted by Gasteiger charge is -2.23. The maximum Gasteiger partial charge on any atom is 0.335 e. The van der Waals surface area contributed by atoms with Gasteiger partial charge in [0.05, 0.1) is 31.5 Å². The molecule has 1 heterocycles. The smallest absolute Gasteiger partial charge is 0.335 e. The molecule has 1 aliphatic heterocycles. The van der Waals surface area contributed by atoms with Gasteiger partial charge < -0.3 is 24.6 Å². The molecular weight excluding hydrogens is 274 g/mol. The number of carboxylic acids is 1. The van der Waals surface area contributed by atoms with Crippen LogP contribution in [0.5, 0.6) is 0 Å². The van der Waals surface area contributed by atoms with E-state index in [1.807, 2.05) is 6.07 Å². The van der Waals surface area contributed by atoms with E-state index in [-0.39, 0.29) is 6.61 Å². The quantitative estimate of drug-likeness (QED) is 0.690. The molecule has 0 spiro atoms. The van der Waals surface area contributed by atoms with Gasteiger partial charge in [0.1, 0.15) is 0 Å². The average Bonchev–Trinajstić information content (AvgIpc) is 2.86. The van der Waals surface area contributed by atoms with E-state index in [9.17, 15) is 9.90 Å². The number of benzene rings is 1. The van der Waals surface area contributed by atoms with Crippen LogP contribution in [0, 0.1) is 0 Å². The summed E-state index contributed by atoms with van der Waals surface area (Å²) in [5, 5.41) is 19.0. The Balaban J connectivity index is 1.89. The fourth-order valence-corrected chi connectivity index (χ4v) is 2.46. The molecule has 2 N–H and O–H groups in total. The number of methoxy groups -OCH3 is 1. The molecule has 0 aliphatic carbocycles. The number of fused-ring (bicyclic) bond motifs is 1. The van der Waals surface area contributed by atoms with Crippen LogP contribution in [0.15, 0.2) is 18.2 Å². The van der Waals surface area contributed by atoms with Gasteiger partial charge in [-0.2, -0.15) is 0 Å². The largest absolute Gasteiger partial charge is 0.478 e. The fraction of sp³-hybridized carbons (Fsp3) is 0.533. The first kappa shape index (κ1) is 15.8. The van der Waals surface area contributed by atoms with Crippen molar-refractivity contribution in [1.82, 2.24) is 0 Å². The lowest BCUT2D eigenvalue weighted by Crippen LogP contribution is -2.34. The minimum Gasteiger partial charge on any atom is -0.478 e. The van der Waals surface area contributed by atoms with Crippen molar-refractivity contribution in [2.75, 3.05) is 44.9 Å². The first-order chi connectivity index (χ1) is 10.1. The highest BCUT2D eigenvalue weighted by Crippen LogP contribution is 2.28. The van der Waals surface area contributed by atoms with Crippen molar-refractivity contribution in [3.05, 3.63) is 29.3 Å². The Bertz CT molecular complexity index is 491. The number of carboxylic acid groups (broad SMARTS) is 1. The lowest BCUT2D eigenvalue weighted by atomic mass is 10.1. The SMILES string of the molecule is COCCOCC(O)CN1CCc2cc(C(=O)O)ccc21. The predicted molar refractivity (Wildman–Crippen MR) is 78.0 cm³/mol. The van der Waals surface area contributed by atoms with Gasteiger partial charge in [-0.05, 0) is 30.2 Å². The molecule has 2 rings (SSSR count). The molecule has 1 unspecified atom stereocenters. The van der Waals surface area contributed by atoms with E-state index < -0.39 is 12.1 Å². The molecule has 0 fully saturated rings.